The van der Waals surface area contributed by atoms with Crippen molar-refractivity contribution in [3.05, 3.63) is 0 Å². The fourth-order valence-electron chi connectivity index (χ4n) is 1.32. The van der Waals surface area contributed by atoms with E-state index in [1.54, 1.807) is 6.92 Å². The molecule has 0 fully saturated rings. The van der Waals surface area contributed by atoms with Crippen molar-refractivity contribution in [2.45, 2.75) is 46.1 Å². The van der Waals surface area contributed by atoms with Gasteiger partial charge in [0.25, 0.3) is 0 Å². The Hall–Kier alpha value is -0.130. The second kappa shape index (κ2) is 7.19. The highest BCUT2D eigenvalue weighted by atomic mass is 32.2. The largest absolute Gasteiger partial charge is 0.393 e. The van der Waals surface area contributed by atoms with Crippen LogP contribution in [-0.4, -0.2) is 31.9 Å². The molecule has 0 bridgehead atoms. The van der Waals surface area contributed by atoms with Gasteiger partial charge in [-0.25, -0.2) is 13.1 Å². The molecule has 0 amide bonds. The Balaban J connectivity index is 3.96. The Bertz CT molecular complexity index is 245. The lowest BCUT2D eigenvalue weighted by Crippen LogP contribution is -2.31. The third kappa shape index (κ3) is 7.76. The minimum absolute atomic E-state index is 0.194. The van der Waals surface area contributed by atoms with Gasteiger partial charge in [-0.3, -0.25) is 0 Å². The minimum atomic E-state index is -3.16. The van der Waals surface area contributed by atoms with E-state index in [2.05, 4.69) is 4.72 Å². The maximum absolute atomic E-state index is 11.5. The molecule has 4 nitrogen and oxygen atoms in total. The predicted octanol–water partition coefficient (Wildman–Crippen LogP) is 1.11. The summed E-state index contributed by atoms with van der Waals surface area (Å²) in [6.45, 7) is 5.97. The highest BCUT2D eigenvalue weighted by molar-refractivity contribution is 7.89. The molecule has 0 aromatic heterocycles. The van der Waals surface area contributed by atoms with Crippen LogP contribution in [-0.2, 0) is 10.0 Å². The molecule has 1 unspecified atom stereocenters. The predicted molar refractivity (Wildman–Crippen MR) is 62.2 cm³/mol. The quantitative estimate of drug-likeness (QED) is 0.664. The van der Waals surface area contributed by atoms with Crippen LogP contribution in [0.3, 0.4) is 0 Å². The Morgan fingerprint density at radius 3 is 2.20 bits per heavy atom. The molecule has 1 atom stereocenters. The summed E-state index contributed by atoms with van der Waals surface area (Å²) in [7, 11) is -3.16. The van der Waals surface area contributed by atoms with E-state index in [4.69, 9.17) is 5.11 Å². The molecule has 0 aromatic carbocycles. The summed E-state index contributed by atoms with van der Waals surface area (Å²) in [6.07, 6.45) is 1.77. The summed E-state index contributed by atoms with van der Waals surface area (Å²) in [5.74, 6) is 0.425. The number of sulfonamides is 1. The van der Waals surface area contributed by atoms with Crippen molar-refractivity contribution >= 4 is 10.0 Å². The van der Waals surface area contributed by atoms with E-state index in [1.165, 1.54) is 0 Å². The number of hydrogen-bond donors (Lipinski definition) is 2. The first kappa shape index (κ1) is 14.9. The SMILES string of the molecule is CCC(CC)CS(=O)(=O)NCCC(C)O. The number of aliphatic hydroxyl groups excluding tert-OH is 1. The Labute approximate surface area is 93.1 Å². The van der Waals surface area contributed by atoms with E-state index >= 15 is 0 Å². The standard InChI is InChI=1S/C10H23NO3S/c1-4-10(5-2)8-15(13,14)11-7-6-9(3)12/h9-12H,4-8H2,1-3H3. The monoisotopic (exact) mass is 237 g/mol. The molecule has 0 heterocycles. The van der Waals surface area contributed by atoms with E-state index in [-0.39, 0.29) is 11.7 Å². The summed E-state index contributed by atoms with van der Waals surface area (Å²) < 4.78 is 25.6. The van der Waals surface area contributed by atoms with Crippen LogP contribution in [0, 0.1) is 5.92 Å². The van der Waals surface area contributed by atoms with Crippen molar-refractivity contribution in [2.75, 3.05) is 12.3 Å². The third-order valence-electron chi connectivity index (χ3n) is 2.49. The first-order valence-electron chi connectivity index (χ1n) is 5.56. The molecule has 92 valence electrons. The lowest BCUT2D eigenvalue weighted by atomic mass is 10.1. The second-order valence-corrected chi connectivity index (χ2v) is 5.85. The van der Waals surface area contributed by atoms with E-state index in [0.717, 1.165) is 12.8 Å². The van der Waals surface area contributed by atoms with Gasteiger partial charge in [0.05, 0.1) is 11.9 Å². The molecule has 0 saturated heterocycles. The van der Waals surface area contributed by atoms with Gasteiger partial charge >= 0.3 is 0 Å². The van der Waals surface area contributed by atoms with Crippen molar-refractivity contribution < 1.29 is 13.5 Å². The van der Waals surface area contributed by atoms with Gasteiger partial charge in [-0.15, -0.1) is 0 Å². The van der Waals surface area contributed by atoms with Gasteiger partial charge in [-0.1, -0.05) is 26.7 Å². The van der Waals surface area contributed by atoms with Crippen molar-refractivity contribution in [3.8, 4) is 0 Å². The molecular formula is C10H23NO3S. The van der Waals surface area contributed by atoms with E-state index < -0.39 is 16.1 Å². The number of rotatable bonds is 8. The molecule has 2 N–H and O–H groups in total. The summed E-state index contributed by atoms with van der Waals surface area (Å²) in [5, 5.41) is 8.99. The third-order valence-corrected chi connectivity index (χ3v) is 4.05. The molecule has 0 aromatic rings. The van der Waals surface area contributed by atoms with Gasteiger partial charge in [0.15, 0.2) is 0 Å². The first-order valence-corrected chi connectivity index (χ1v) is 7.21. The topological polar surface area (TPSA) is 66.4 Å². The van der Waals surface area contributed by atoms with Crippen LogP contribution in [0.4, 0.5) is 0 Å². The summed E-state index contributed by atoms with van der Waals surface area (Å²) in [4.78, 5) is 0. The fourth-order valence-corrected chi connectivity index (χ4v) is 2.96. The molecule has 0 saturated carbocycles. The minimum Gasteiger partial charge on any atom is -0.393 e. The van der Waals surface area contributed by atoms with Crippen LogP contribution in [0.25, 0.3) is 0 Å². The number of hydrogen-bond acceptors (Lipinski definition) is 3. The zero-order chi connectivity index (χ0) is 11.9. The zero-order valence-electron chi connectivity index (χ0n) is 9.86. The van der Waals surface area contributed by atoms with Crippen LogP contribution >= 0.6 is 0 Å². The van der Waals surface area contributed by atoms with Crippen LogP contribution < -0.4 is 4.72 Å². The second-order valence-electron chi connectivity index (χ2n) is 4.00. The summed E-state index contributed by atoms with van der Waals surface area (Å²) in [6, 6.07) is 0. The Morgan fingerprint density at radius 2 is 1.80 bits per heavy atom. The van der Waals surface area contributed by atoms with Crippen LogP contribution in [0.2, 0.25) is 0 Å². The van der Waals surface area contributed by atoms with E-state index in [1.807, 2.05) is 13.8 Å². The molecule has 0 spiro atoms. The molecular weight excluding hydrogens is 214 g/mol. The number of nitrogens with one attached hydrogen (secondary N) is 1. The van der Waals surface area contributed by atoms with E-state index in [9.17, 15) is 8.42 Å². The lowest BCUT2D eigenvalue weighted by Gasteiger charge is -2.13. The molecule has 5 heteroatoms. The zero-order valence-corrected chi connectivity index (χ0v) is 10.7. The maximum Gasteiger partial charge on any atom is 0.211 e. The molecule has 0 aliphatic carbocycles. The Kier molecular flexibility index (Phi) is 7.13. The van der Waals surface area contributed by atoms with Gasteiger partial charge in [-0.2, -0.15) is 0 Å². The average molecular weight is 237 g/mol. The number of aliphatic hydroxyl groups is 1. The van der Waals surface area contributed by atoms with Crippen LogP contribution in [0.1, 0.15) is 40.0 Å². The lowest BCUT2D eigenvalue weighted by molar-refractivity contribution is 0.186. The van der Waals surface area contributed by atoms with Gasteiger partial charge < -0.3 is 5.11 Å². The van der Waals surface area contributed by atoms with Crippen LogP contribution in [0.5, 0.6) is 0 Å². The maximum atomic E-state index is 11.5. The first-order chi connectivity index (χ1) is 6.91. The van der Waals surface area contributed by atoms with Crippen molar-refractivity contribution in [2.24, 2.45) is 5.92 Å². The average Bonchev–Trinajstić information content (AvgIpc) is 2.13. The summed E-state index contributed by atoms with van der Waals surface area (Å²) in [5.41, 5.74) is 0. The van der Waals surface area contributed by atoms with E-state index in [0.29, 0.717) is 13.0 Å². The van der Waals surface area contributed by atoms with Gasteiger partial charge in [0.1, 0.15) is 0 Å². The smallest absolute Gasteiger partial charge is 0.211 e. The normalized spacial score (nSPS) is 14.5. The van der Waals surface area contributed by atoms with Crippen molar-refractivity contribution in [1.82, 2.24) is 4.72 Å². The Morgan fingerprint density at radius 1 is 1.27 bits per heavy atom. The highest BCUT2D eigenvalue weighted by Crippen LogP contribution is 2.09. The fraction of sp³-hybridized carbons (Fsp3) is 1.00. The van der Waals surface area contributed by atoms with Gasteiger partial charge in [-0.05, 0) is 19.3 Å². The van der Waals surface area contributed by atoms with Crippen LogP contribution in [0.15, 0.2) is 0 Å². The van der Waals surface area contributed by atoms with Gasteiger partial charge in [0.2, 0.25) is 10.0 Å². The molecule has 0 radical (unpaired) electrons. The highest BCUT2D eigenvalue weighted by Gasteiger charge is 2.15. The van der Waals surface area contributed by atoms with Crippen molar-refractivity contribution in [3.63, 3.8) is 0 Å². The van der Waals surface area contributed by atoms with Gasteiger partial charge in [0, 0.05) is 6.54 Å². The molecule has 15 heavy (non-hydrogen) atoms. The molecule has 0 aliphatic rings. The molecule has 0 aliphatic heterocycles. The molecule has 0 rings (SSSR count). The summed E-state index contributed by atoms with van der Waals surface area (Å²) >= 11 is 0. The van der Waals surface area contributed by atoms with Crippen molar-refractivity contribution in [1.29, 1.82) is 0 Å².